The van der Waals surface area contributed by atoms with Crippen molar-refractivity contribution < 1.29 is 80.2 Å². The molecule has 0 aliphatic carbocycles. The van der Waals surface area contributed by atoms with Crippen molar-refractivity contribution in [2.24, 2.45) is 0 Å². The number of hydrogen-bond acceptors (Lipinski definition) is 15. The normalized spacial score (nSPS) is 14.4. The molecule has 0 fully saturated rings. The number of ether oxygens (including phenoxy) is 4. The summed E-state index contributed by atoms with van der Waals surface area (Å²) in [4.78, 5) is 72.8. The van der Waals surface area contributed by atoms with Crippen LogP contribution in [0.5, 0.6) is 0 Å². The van der Waals surface area contributed by atoms with Crippen molar-refractivity contribution in [1.29, 1.82) is 0 Å². The first-order chi connectivity index (χ1) is 47.7. The van der Waals surface area contributed by atoms with Crippen LogP contribution in [0.3, 0.4) is 0 Å². The molecule has 0 heterocycles. The summed E-state index contributed by atoms with van der Waals surface area (Å²) in [6, 6.07) is 0. The van der Waals surface area contributed by atoms with E-state index >= 15 is 0 Å². The maximum Gasteiger partial charge on any atom is 0.472 e. The van der Waals surface area contributed by atoms with Crippen molar-refractivity contribution in [2.45, 2.75) is 354 Å². The lowest BCUT2D eigenvalue weighted by Crippen LogP contribution is -2.30. The Hall–Kier alpha value is -3.76. The van der Waals surface area contributed by atoms with Crippen LogP contribution < -0.4 is 0 Å². The van der Waals surface area contributed by atoms with E-state index < -0.39 is 97.5 Å². The van der Waals surface area contributed by atoms with E-state index in [1.165, 1.54) is 122 Å². The lowest BCUT2D eigenvalue weighted by molar-refractivity contribution is -0.161. The first-order valence-electron chi connectivity index (χ1n) is 38.8. The van der Waals surface area contributed by atoms with Gasteiger partial charge in [0.25, 0.3) is 0 Å². The van der Waals surface area contributed by atoms with Gasteiger partial charge in [0.2, 0.25) is 0 Å². The van der Waals surface area contributed by atoms with Crippen LogP contribution in [0.2, 0.25) is 0 Å². The molecule has 2 unspecified atom stereocenters. The first-order valence-corrected chi connectivity index (χ1v) is 41.8. The zero-order valence-corrected chi connectivity index (χ0v) is 63.7. The van der Waals surface area contributed by atoms with Crippen LogP contribution in [-0.2, 0) is 65.4 Å². The molecule has 0 radical (unpaired) electrons. The molecule has 0 aliphatic heterocycles. The molecule has 19 heteroatoms. The molecule has 3 N–H and O–H groups in total. The van der Waals surface area contributed by atoms with Gasteiger partial charge in [-0.1, -0.05) is 280 Å². The topological polar surface area (TPSA) is 237 Å². The van der Waals surface area contributed by atoms with Crippen LogP contribution in [0.25, 0.3) is 0 Å². The number of phosphoric acid groups is 2. The Morgan fingerprint density at radius 1 is 0.296 bits per heavy atom. The number of allylic oxidation sites excluding steroid dienone is 14. The van der Waals surface area contributed by atoms with E-state index in [2.05, 4.69) is 101 Å². The molecule has 0 bridgehead atoms. The van der Waals surface area contributed by atoms with Crippen molar-refractivity contribution in [1.82, 2.24) is 0 Å². The van der Waals surface area contributed by atoms with Crippen LogP contribution >= 0.6 is 15.6 Å². The highest BCUT2D eigenvalue weighted by molar-refractivity contribution is 7.47. The molecule has 0 aliphatic rings. The predicted molar refractivity (Wildman–Crippen MR) is 399 cm³/mol. The first kappa shape index (κ1) is 94.2. The van der Waals surface area contributed by atoms with Crippen LogP contribution in [0.15, 0.2) is 85.1 Å². The summed E-state index contributed by atoms with van der Waals surface area (Å²) in [5.74, 6) is -2.25. The van der Waals surface area contributed by atoms with Gasteiger partial charge in [-0.15, -0.1) is 0 Å². The number of rotatable bonds is 73. The second-order valence-corrected chi connectivity index (χ2v) is 28.9. The molecule has 0 rings (SSSR count). The van der Waals surface area contributed by atoms with Gasteiger partial charge in [0.1, 0.15) is 19.3 Å². The maximum absolute atomic E-state index is 13.1. The number of aliphatic hydroxyl groups is 1. The summed E-state index contributed by atoms with van der Waals surface area (Å²) in [6.45, 7) is 4.75. The van der Waals surface area contributed by atoms with E-state index in [1.807, 2.05) is 12.2 Å². The molecule has 0 spiro atoms. The minimum atomic E-state index is -4.98. The van der Waals surface area contributed by atoms with Crippen LogP contribution in [-0.4, -0.2) is 96.7 Å². The smallest absolute Gasteiger partial charge is 0.462 e. The van der Waals surface area contributed by atoms with Crippen molar-refractivity contribution in [3.05, 3.63) is 85.1 Å². The standard InChI is InChI=1S/C79H140O17P2/c1-5-9-13-17-21-25-29-33-35-36-38-41-44-48-52-56-60-64-77(82)90-70-74(95-78(83)65-61-57-53-49-45-40-32-28-24-20-16-12-8-4)71-93-97(85,86)91-67-73(80)68-92-98(87,88)94-72-75(69-89-76(81)63-59-55-51-47-43-39-31-27-23-19-15-11-7-3)96-79(84)66-62-58-54-50-46-42-37-34-30-26-22-18-14-10-6-2/h21,25-27,30-31,33-35,37-38,41,48,52,73-75,80H,5-20,22-24,28-29,32,36,39-40,42-47,49-51,53-72H2,1-4H3,(H,85,86)(H,87,88)/b25-21-,30-26-,31-27-,35-33-,37-34-,41-38-,52-48-/t73-,74+,75+/m0/s1. The maximum atomic E-state index is 13.1. The van der Waals surface area contributed by atoms with Crippen molar-refractivity contribution in [3.8, 4) is 0 Å². The van der Waals surface area contributed by atoms with Crippen molar-refractivity contribution in [2.75, 3.05) is 39.6 Å². The lowest BCUT2D eigenvalue weighted by atomic mass is 10.0. The number of unbranched alkanes of at least 4 members (excludes halogenated alkanes) is 34. The van der Waals surface area contributed by atoms with E-state index in [9.17, 15) is 43.2 Å². The van der Waals surface area contributed by atoms with Crippen LogP contribution in [0.1, 0.15) is 336 Å². The summed E-state index contributed by atoms with van der Waals surface area (Å²) in [5, 5.41) is 10.6. The summed E-state index contributed by atoms with van der Waals surface area (Å²) in [6.07, 6.45) is 72.9. The molecule has 0 saturated carbocycles. The Bertz CT molecular complexity index is 2190. The van der Waals surface area contributed by atoms with E-state index in [0.29, 0.717) is 32.1 Å². The number of esters is 4. The molecule has 0 aromatic carbocycles. The molecule has 17 nitrogen and oxygen atoms in total. The predicted octanol–water partition coefficient (Wildman–Crippen LogP) is 22.2. The SMILES string of the molecule is CCCCC/C=C\C/C=C\C/C=C\C/C=C\CCCC(=O)OC[C@H](COP(=O)(O)OC[C@H](O)COP(=O)(O)OC[C@@H](COC(=O)CCCCCCC/C=C\CCCCCC)OC(=O)CCCCCCC/C=C\C=C/CCCCCC)OC(=O)CCCCCCCCCCCCCCC. The summed E-state index contributed by atoms with van der Waals surface area (Å²) >= 11 is 0. The van der Waals surface area contributed by atoms with Gasteiger partial charge in [-0.25, -0.2) is 9.13 Å². The fourth-order valence-corrected chi connectivity index (χ4v) is 12.0. The molecule has 0 amide bonds. The van der Waals surface area contributed by atoms with Gasteiger partial charge >= 0.3 is 39.5 Å². The third-order valence-corrected chi connectivity index (χ3v) is 18.3. The minimum absolute atomic E-state index is 0.0765. The Labute approximate surface area is 595 Å². The molecule has 98 heavy (non-hydrogen) atoms. The number of carbonyl (C=O) groups is 4. The zero-order chi connectivity index (χ0) is 71.8. The lowest BCUT2D eigenvalue weighted by Gasteiger charge is -2.21. The second kappa shape index (κ2) is 71.6. The number of carbonyl (C=O) groups excluding carboxylic acids is 4. The molecule has 0 saturated heterocycles. The largest absolute Gasteiger partial charge is 0.472 e. The third kappa shape index (κ3) is 70.7. The Kier molecular flexibility index (Phi) is 68.9. The molecular formula is C79H140O17P2. The summed E-state index contributed by atoms with van der Waals surface area (Å²) in [7, 11) is -9.96. The van der Waals surface area contributed by atoms with Crippen molar-refractivity contribution in [3.63, 3.8) is 0 Å². The molecule has 0 aromatic heterocycles. The van der Waals surface area contributed by atoms with Gasteiger partial charge in [0, 0.05) is 25.7 Å². The number of aliphatic hydroxyl groups excluding tert-OH is 1. The monoisotopic (exact) mass is 1420 g/mol. The zero-order valence-electron chi connectivity index (χ0n) is 62.0. The number of phosphoric ester groups is 2. The van der Waals surface area contributed by atoms with Gasteiger partial charge in [0.05, 0.1) is 26.4 Å². The highest BCUT2D eigenvalue weighted by atomic mass is 31.2. The van der Waals surface area contributed by atoms with E-state index in [-0.39, 0.29) is 25.7 Å². The Morgan fingerprint density at radius 2 is 0.541 bits per heavy atom. The van der Waals surface area contributed by atoms with Crippen LogP contribution in [0.4, 0.5) is 0 Å². The van der Waals surface area contributed by atoms with E-state index in [1.54, 1.807) is 0 Å². The van der Waals surface area contributed by atoms with E-state index in [0.717, 1.165) is 128 Å². The second-order valence-electron chi connectivity index (χ2n) is 26.0. The minimum Gasteiger partial charge on any atom is -0.462 e. The van der Waals surface area contributed by atoms with Crippen LogP contribution in [0, 0.1) is 0 Å². The fourth-order valence-electron chi connectivity index (χ4n) is 10.4. The summed E-state index contributed by atoms with van der Waals surface area (Å²) in [5.41, 5.74) is 0. The van der Waals surface area contributed by atoms with Gasteiger partial charge in [-0.2, -0.15) is 0 Å². The number of hydrogen-bond donors (Lipinski definition) is 3. The average molecular weight is 1420 g/mol. The molecule has 568 valence electrons. The molecule has 0 aromatic rings. The fraction of sp³-hybridized carbons (Fsp3) is 0.772. The Morgan fingerprint density at radius 3 is 0.908 bits per heavy atom. The quantitative estimate of drug-likeness (QED) is 0.0128. The highest BCUT2D eigenvalue weighted by Gasteiger charge is 2.30. The average Bonchev–Trinajstić information content (AvgIpc) is 0.962. The summed E-state index contributed by atoms with van der Waals surface area (Å²) < 4.78 is 68.4. The molecule has 5 atom stereocenters. The van der Waals surface area contributed by atoms with Gasteiger partial charge < -0.3 is 33.8 Å². The Balaban J connectivity index is 5.39. The molecular weight excluding hydrogens is 1280 g/mol. The van der Waals surface area contributed by atoms with Gasteiger partial charge in [0.15, 0.2) is 12.2 Å². The third-order valence-electron chi connectivity index (χ3n) is 16.4. The van der Waals surface area contributed by atoms with Gasteiger partial charge in [-0.3, -0.25) is 37.3 Å². The van der Waals surface area contributed by atoms with Crippen molar-refractivity contribution >= 4 is 39.5 Å². The van der Waals surface area contributed by atoms with Gasteiger partial charge in [-0.05, 0) is 116 Å². The highest BCUT2D eigenvalue weighted by Crippen LogP contribution is 2.45. The van der Waals surface area contributed by atoms with E-state index in [4.69, 9.17) is 37.0 Å².